The summed E-state index contributed by atoms with van der Waals surface area (Å²) >= 11 is 0. The molecule has 4 aliphatic heterocycles. The fourth-order valence-corrected chi connectivity index (χ4v) is 17.8. The van der Waals surface area contributed by atoms with Gasteiger partial charge < -0.3 is 19.6 Å². The summed E-state index contributed by atoms with van der Waals surface area (Å²) in [7, 11) is 0.711. The maximum absolute atomic E-state index is 2.64. The van der Waals surface area contributed by atoms with E-state index in [9.17, 15) is 0 Å². The first-order valence-electron chi connectivity index (χ1n) is 22.6. The summed E-state index contributed by atoms with van der Waals surface area (Å²) in [6.07, 6.45) is 7.69. The van der Waals surface area contributed by atoms with Crippen molar-refractivity contribution in [3.8, 4) is 22.3 Å². The third-order valence-corrected chi connectivity index (χ3v) is 22.1. The van der Waals surface area contributed by atoms with E-state index in [-0.39, 0.29) is 0 Å². The molecular formula is C54H58N4Si2. The summed E-state index contributed by atoms with van der Waals surface area (Å²) in [6.45, 7) is 14.6. The Hall–Kier alpha value is -5.31. The standard InChI is InChI=1S/C54H58N4Si2/c1-55-45-17-9-11-19-49(45)59(3,4)51-27-21-37(33-47(51)55)53-41-25-23-40(58-31-15-8-16-32-58)36-44(41)54(42-26-24-39(35-43(42)53)57-29-13-7-14-30-57)38-22-28-52-48(34-38)56(2)46-18-10-12-20-50(46)60(52,5)6/h9-12,17-28,33-36H,7-8,13-16,29-32H2,1-6H3. The molecule has 60 heavy (non-hydrogen) atoms. The van der Waals surface area contributed by atoms with Gasteiger partial charge in [0.05, 0.1) is 0 Å². The van der Waals surface area contributed by atoms with Crippen LogP contribution in [0.15, 0.2) is 121 Å². The number of rotatable bonds is 4. The molecule has 0 aliphatic carbocycles. The van der Waals surface area contributed by atoms with E-state index in [1.165, 1.54) is 137 Å². The molecule has 302 valence electrons. The molecule has 0 unspecified atom stereocenters. The van der Waals surface area contributed by atoms with Crippen molar-refractivity contribution in [3.63, 3.8) is 0 Å². The normalized spacial score (nSPS) is 18.0. The second-order valence-electron chi connectivity index (χ2n) is 19.2. The Labute approximate surface area is 359 Å². The summed E-state index contributed by atoms with van der Waals surface area (Å²) < 4.78 is 0. The Morgan fingerprint density at radius 1 is 0.367 bits per heavy atom. The summed E-state index contributed by atoms with van der Waals surface area (Å²) in [4.78, 5) is 10.2. The zero-order valence-electron chi connectivity index (χ0n) is 36.4. The molecule has 4 heterocycles. The molecule has 4 aliphatic rings. The first-order valence-corrected chi connectivity index (χ1v) is 28.6. The van der Waals surface area contributed by atoms with Crippen LogP contribution in [0.2, 0.25) is 26.2 Å². The van der Waals surface area contributed by atoms with E-state index in [0.717, 1.165) is 26.2 Å². The molecular weight excluding hydrogens is 761 g/mol. The number of piperidine rings is 2. The Balaban J connectivity index is 1.20. The fourth-order valence-electron chi connectivity index (χ4n) is 11.6. The molecule has 0 radical (unpaired) electrons. The quantitative estimate of drug-likeness (QED) is 0.130. The van der Waals surface area contributed by atoms with Crippen molar-refractivity contribution in [1.29, 1.82) is 0 Å². The first-order chi connectivity index (χ1) is 29.1. The van der Waals surface area contributed by atoms with Crippen molar-refractivity contribution in [2.75, 3.05) is 59.9 Å². The van der Waals surface area contributed by atoms with Gasteiger partial charge in [-0.3, -0.25) is 0 Å². The monoisotopic (exact) mass is 818 g/mol. The molecule has 0 bridgehead atoms. The maximum Gasteiger partial charge on any atom is 0.117 e. The Morgan fingerprint density at radius 2 is 0.750 bits per heavy atom. The smallest absolute Gasteiger partial charge is 0.117 e. The topological polar surface area (TPSA) is 13.0 Å². The van der Waals surface area contributed by atoms with E-state index >= 15 is 0 Å². The zero-order chi connectivity index (χ0) is 40.9. The van der Waals surface area contributed by atoms with Crippen molar-refractivity contribution >= 4 is 92.6 Å². The number of nitrogens with zero attached hydrogens (tertiary/aromatic N) is 4. The summed E-state index contributed by atoms with van der Waals surface area (Å²) in [5, 5.41) is 11.5. The molecule has 0 spiro atoms. The van der Waals surface area contributed by atoms with Gasteiger partial charge in [0.25, 0.3) is 0 Å². The Bertz CT molecular complexity index is 2650. The van der Waals surface area contributed by atoms with Crippen LogP contribution in [0.4, 0.5) is 34.1 Å². The van der Waals surface area contributed by atoms with Gasteiger partial charge >= 0.3 is 0 Å². The van der Waals surface area contributed by atoms with E-state index in [1.54, 1.807) is 0 Å². The van der Waals surface area contributed by atoms with Gasteiger partial charge in [-0.1, -0.05) is 99.0 Å². The van der Waals surface area contributed by atoms with E-state index in [4.69, 9.17) is 0 Å². The van der Waals surface area contributed by atoms with Crippen molar-refractivity contribution in [2.24, 2.45) is 0 Å². The molecule has 0 N–H and O–H groups in total. The average molecular weight is 819 g/mol. The Morgan fingerprint density at radius 3 is 1.17 bits per heavy atom. The first kappa shape index (κ1) is 37.7. The van der Waals surface area contributed by atoms with E-state index < -0.39 is 16.1 Å². The summed E-state index contributed by atoms with van der Waals surface area (Å²) in [6, 6.07) is 48.2. The van der Waals surface area contributed by atoms with Crippen LogP contribution < -0.4 is 40.3 Å². The number of benzene rings is 7. The highest BCUT2D eigenvalue weighted by molar-refractivity contribution is 7.03. The molecule has 2 saturated heterocycles. The number of hydrogen-bond donors (Lipinski definition) is 0. The lowest BCUT2D eigenvalue weighted by atomic mass is 9.85. The highest BCUT2D eigenvalue weighted by atomic mass is 28.3. The number of fused-ring (bicyclic) bond motifs is 6. The van der Waals surface area contributed by atoms with Gasteiger partial charge in [-0.2, -0.15) is 0 Å². The van der Waals surface area contributed by atoms with Gasteiger partial charge in [0.15, 0.2) is 0 Å². The number of hydrogen-bond acceptors (Lipinski definition) is 4. The summed E-state index contributed by atoms with van der Waals surface area (Å²) in [5.41, 5.74) is 13.5. The predicted molar refractivity (Wildman–Crippen MR) is 267 cm³/mol. The lowest BCUT2D eigenvalue weighted by Crippen LogP contribution is -2.58. The zero-order valence-corrected chi connectivity index (χ0v) is 38.4. The fraction of sp³-hybridized carbons (Fsp3) is 0.296. The molecule has 2 fully saturated rings. The minimum Gasteiger partial charge on any atom is -0.372 e. The number of anilines is 6. The van der Waals surface area contributed by atoms with Crippen LogP contribution >= 0.6 is 0 Å². The predicted octanol–water partition coefficient (Wildman–Crippen LogP) is 11.1. The molecule has 7 aromatic rings. The minimum absolute atomic E-state index is 1.13. The maximum atomic E-state index is 2.64. The highest BCUT2D eigenvalue weighted by Crippen LogP contribution is 2.48. The molecule has 11 rings (SSSR count). The lowest BCUT2D eigenvalue weighted by Gasteiger charge is -2.39. The molecule has 7 aromatic carbocycles. The molecule has 6 heteroatoms. The van der Waals surface area contributed by atoms with E-state index in [2.05, 4.69) is 181 Å². The van der Waals surface area contributed by atoms with Crippen LogP contribution in [0.25, 0.3) is 43.8 Å². The van der Waals surface area contributed by atoms with Crippen LogP contribution in [-0.4, -0.2) is 56.4 Å². The van der Waals surface area contributed by atoms with Gasteiger partial charge in [0, 0.05) is 74.4 Å². The van der Waals surface area contributed by atoms with Crippen molar-refractivity contribution in [2.45, 2.75) is 64.7 Å². The van der Waals surface area contributed by atoms with Crippen molar-refractivity contribution in [3.05, 3.63) is 121 Å². The largest absolute Gasteiger partial charge is 0.372 e. The van der Waals surface area contributed by atoms with Gasteiger partial charge in [-0.25, -0.2) is 0 Å². The van der Waals surface area contributed by atoms with Gasteiger partial charge in [0.2, 0.25) is 0 Å². The average Bonchev–Trinajstić information content (AvgIpc) is 3.29. The molecule has 0 atom stereocenters. The van der Waals surface area contributed by atoms with Gasteiger partial charge in [0.1, 0.15) is 16.1 Å². The van der Waals surface area contributed by atoms with Crippen LogP contribution in [0, 0.1) is 0 Å². The Kier molecular flexibility index (Phi) is 8.88. The third-order valence-electron chi connectivity index (χ3n) is 15.0. The highest BCUT2D eigenvalue weighted by Gasteiger charge is 2.38. The second kappa shape index (κ2) is 14.1. The van der Waals surface area contributed by atoms with Crippen LogP contribution in [0.3, 0.4) is 0 Å². The second-order valence-corrected chi connectivity index (χ2v) is 27.8. The van der Waals surface area contributed by atoms with Gasteiger partial charge in [-0.15, -0.1) is 0 Å². The lowest BCUT2D eigenvalue weighted by molar-refractivity contribution is 0.578. The van der Waals surface area contributed by atoms with Crippen LogP contribution in [0.1, 0.15) is 38.5 Å². The SMILES string of the molecule is CN1c2ccccc2[Si](C)(C)c2ccc(-c3c4ccc(N5CCCCC5)cc4c(-c4ccc5c(c4)N(C)c4ccccc4[Si]5(C)C)c4ccc(N5CCCCC5)cc34)cc21. The molecule has 0 aromatic heterocycles. The van der Waals surface area contributed by atoms with E-state index in [0.29, 0.717) is 0 Å². The molecule has 0 amide bonds. The molecule has 4 nitrogen and oxygen atoms in total. The van der Waals surface area contributed by atoms with E-state index in [1.807, 2.05) is 0 Å². The van der Waals surface area contributed by atoms with Crippen molar-refractivity contribution < 1.29 is 0 Å². The number of para-hydroxylation sites is 2. The molecule has 0 saturated carbocycles. The van der Waals surface area contributed by atoms with Crippen LogP contribution in [0.5, 0.6) is 0 Å². The van der Waals surface area contributed by atoms with Gasteiger partial charge in [-0.05, 0) is 152 Å². The van der Waals surface area contributed by atoms with Crippen molar-refractivity contribution in [1.82, 2.24) is 0 Å². The van der Waals surface area contributed by atoms with Crippen LogP contribution in [-0.2, 0) is 0 Å². The summed E-state index contributed by atoms with van der Waals surface area (Å²) in [5.74, 6) is 0. The third kappa shape index (κ3) is 5.73. The minimum atomic E-state index is -1.92.